The van der Waals surface area contributed by atoms with Crippen molar-refractivity contribution >= 4 is 50.0 Å². The Labute approximate surface area is 141 Å². The number of hydrogen-bond donors (Lipinski definition) is 1. The number of aromatic nitrogens is 1. The fourth-order valence-corrected chi connectivity index (χ4v) is 3.16. The lowest BCUT2D eigenvalue weighted by Crippen LogP contribution is -2.31. The first-order valence-electron chi connectivity index (χ1n) is 6.68. The first-order chi connectivity index (χ1) is 11.1. The number of halogens is 1. The van der Waals surface area contributed by atoms with E-state index in [4.69, 9.17) is 16.9 Å². The van der Waals surface area contributed by atoms with Gasteiger partial charge in [-0.15, -0.1) is 0 Å². The number of fused-ring (bicyclic) bond motifs is 1. The summed E-state index contributed by atoms with van der Waals surface area (Å²) >= 11 is 7.30. The molecular weight excluding hydrogens is 332 g/mol. The quantitative estimate of drug-likeness (QED) is 0.746. The van der Waals surface area contributed by atoms with Gasteiger partial charge in [0.1, 0.15) is 0 Å². The third-order valence-electron chi connectivity index (χ3n) is 3.23. The number of nitrogens with one attached hydrogen (secondary N) is 1. The van der Waals surface area contributed by atoms with Crippen molar-refractivity contribution < 1.29 is 4.79 Å². The molecule has 1 heterocycles. The number of rotatable bonds is 2. The predicted octanol–water partition coefficient (Wildman–Crippen LogP) is 4.49. The summed E-state index contributed by atoms with van der Waals surface area (Å²) in [6.45, 7) is 0. The molecule has 5 nitrogen and oxygen atoms in total. The molecule has 7 heteroatoms. The van der Waals surface area contributed by atoms with E-state index in [1.807, 2.05) is 12.1 Å². The van der Waals surface area contributed by atoms with E-state index in [1.165, 1.54) is 16.2 Å². The van der Waals surface area contributed by atoms with Gasteiger partial charge in [-0.3, -0.25) is 10.2 Å². The van der Waals surface area contributed by atoms with Crippen molar-refractivity contribution in [2.24, 2.45) is 0 Å². The van der Waals surface area contributed by atoms with Crippen LogP contribution in [0.2, 0.25) is 5.02 Å². The van der Waals surface area contributed by atoms with Crippen molar-refractivity contribution in [1.82, 2.24) is 4.98 Å². The van der Waals surface area contributed by atoms with Crippen molar-refractivity contribution in [1.29, 1.82) is 5.26 Å². The lowest BCUT2D eigenvalue weighted by Gasteiger charge is -2.17. The highest BCUT2D eigenvalue weighted by Crippen LogP contribution is 2.28. The molecule has 0 atom stereocenters. The summed E-state index contributed by atoms with van der Waals surface area (Å²) in [6, 6.07) is 13.9. The van der Waals surface area contributed by atoms with Crippen molar-refractivity contribution in [2.45, 2.75) is 0 Å². The Hall–Kier alpha value is -2.62. The van der Waals surface area contributed by atoms with Gasteiger partial charge in [-0.25, -0.2) is 9.78 Å². The number of carbonyl (C=O) groups excluding carboxylic acids is 1. The van der Waals surface area contributed by atoms with Gasteiger partial charge in [0.2, 0.25) is 0 Å². The third-order valence-corrected chi connectivity index (χ3v) is 4.40. The number of nitriles is 1. The maximum atomic E-state index is 12.3. The molecule has 0 aliphatic heterocycles. The highest BCUT2D eigenvalue weighted by molar-refractivity contribution is 7.22. The second-order valence-corrected chi connectivity index (χ2v) is 6.25. The minimum Gasteiger partial charge on any atom is -0.297 e. The molecule has 23 heavy (non-hydrogen) atoms. The summed E-state index contributed by atoms with van der Waals surface area (Å²) in [4.78, 5) is 18.1. The fraction of sp³-hybridized carbons (Fsp3) is 0.0625. The van der Waals surface area contributed by atoms with E-state index >= 15 is 0 Å². The lowest BCUT2D eigenvalue weighted by molar-refractivity contribution is 0.258. The molecule has 1 aromatic heterocycles. The summed E-state index contributed by atoms with van der Waals surface area (Å²) in [5.41, 5.74) is 1.91. The normalized spacial score (nSPS) is 10.3. The SMILES string of the molecule is CN(C(=O)Nc1nc2ccc(Cl)cc2s1)c1cccc(C#N)c1. The van der Waals surface area contributed by atoms with Gasteiger partial charge in [0, 0.05) is 17.8 Å². The third kappa shape index (κ3) is 3.26. The Morgan fingerprint density at radius 3 is 2.96 bits per heavy atom. The molecule has 2 amide bonds. The Kier molecular flexibility index (Phi) is 4.15. The molecule has 2 aromatic carbocycles. The second kappa shape index (κ2) is 6.24. The van der Waals surface area contributed by atoms with Crippen LogP contribution in [-0.2, 0) is 0 Å². The molecule has 1 N–H and O–H groups in total. The molecular formula is C16H11ClN4OS. The average molecular weight is 343 g/mol. The van der Waals surface area contributed by atoms with E-state index in [1.54, 1.807) is 37.4 Å². The fourth-order valence-electron chi connectivity index (χ4n) is 2.03. The number of nitrogens with zero attached hydrogens (tertiary/aromatic N) is 3. The molecule has 0 spiro atoms. The number of benzene rings is 2. The Balaban J connectivity index is 1.80. The van der Waals surface area contributed by atoms with Crippen LogP contribution in [0.1, 0.15) is 5.56 Å². The van der Waals surface area contributed by atoms with Crippen LogP contribution in [0.4, 0.5) is 15.6 Å². The standard InChI is InChI=1S/C16H11ClN4OS/c1-21(12-4-2-3-10(7-12)9-18)16(22)20-15-19-13-6-5-11(17)8-14(13)23-15/h2-8H,1H3,(H,19,20,22). The van der Waals surface area contributed by atoms with Gasteiger partial charge in [-0.05, 0) is 36.4 Å². The van der Waals surface area contributed by atoms with Gasteiger partial charge in [-0.1, -0.05) is 29.0 Å². The van der Waals surface area contributed by atoms with Crippen molar-refractivity contribution in [3.05, 3.63) is 53.1 Å². The number of urea groups is 1. The monoisotopic (exact) mass is 342 g/mol. The Bertz CT molecular complexity index is 931. The van der Waals surface area contributed by atoms with Crippen molar-refractivity contribution in [3.63, 3.8) is 0 Å². The van der Waals surface area contributed by atoms with E-state index in [-0.39, 0.29) is 6.03 Å². The molecule has 3 aromatic rings. The maximum Gasteiger partial charge on any atom is 0.327 e. The van der Waals surface area contributed by atoms with Crippen LogP contribution in [-0.4, -0.2) is 18.1 Å². The number of amides is 2. The highest BCUT2D eigenvalue weighted by atomic mass is 35.5. The van der Waals surface area contributed by atoms with Gasteiger partial charge in [-0.2, -0.15) is 5.26 Å². The summed E-state index contributed by atoms with van der Waals surface area (Å²) in [5, 5.41) is 12.8. The van der Waals surface area contributed by atoms with Gasteiger partial charge in [0.15, 0.2) is 5.13 Å². The first-order valence-corrected chi connectivity index (χ1v) is 7.87. The van der Waals surface area contributed by atoms with E-state index < -0.39 is 0 Å². The molecule has 0 aliphatic rings. The number of thiazole rings is 1. The molecule has 0 fully saturated rings. The Morgan fingerprint density at radius 1 is 1.35 bits per heavy atom. The molecule has 0 unspecified atom stereocenters. The van der Waals surface area contributed by atoms with Gasteiger partial charge in [0.25, 0.3) is 0 Å². The zero-order chi connectivity index (χ0) is 16.4. The Morgan fingerprint density at radius 2 is 2.17 bits per heavy atom. The van der Waals surface area contributed by atoms with E-state index in [0.717, 1.165) is 10.2 Å². The smallest absolute Gasteiger partial charge is 0.297 e. The van der Waals surface area contributed by atoms with E-state index in [9.17, 15) is 4.79 Å². The van der Waals surface area contributed by atoms with Crippen molar-refractivity contribution in [2.75, 3.05) is 17.3 Å². The largest absolute Gasteiger partial charge is 0.327 e. The topological polar surface area (TPSA) is 69.0 Å². The minimum absolute atomic E-state index is 0.328. The lowest BCUT2D eigenvalue weighted by atomic mass is 10.2. The highest BCUT2D eigenvalue weighted by Gasteiger charge is 2.14. The molecule has 0 saturated carbocycles. The molecule has 114 valence electrons. The summed E-state index contributed by atoms with van der Waals surface area (Å²) in [6.07, 6.45) is 0. The molecule has 0 radical (unpaired) electrons. The molecule has 0 saturated heterocycles. The summed E-state index contributed by atoms with van der Waals surface area (Å²) in [5.74, 6) is 0. The van der Waals surface area contributed by atoms with Gasteiger partial charge < -0.3 is 0 Å². The number of carbonyl (C=O) groups is 1. The van der Waals surface area contributed by atoms with Crippen LogP contribution in [0, 0.1) is 11.3 Å². The summed E-state index contributed by atoms with van der Waals surface area (Å²) < 4.78 is 0.905. The van der Waals surface area contributed by atoms with Gasteiger partial charge in [0.05, 0.1) is 21.8 Å². The summed E-state index contributed by atoms with van der Waals surface area (Å²) in [7, 11) is 1.63. The van der Waals surface area contributed by atoms with Gasteiger partial charge >= 0.3 is 6.03 Å². The minimum atomic E-state index is -0.328. The van der Waals surface area contributed by atoms with Crippen molar-refractivity contribution in [3.8, 4) is 6.07 Å². The van der Waals surface area contributed by atoms with Crippen LogP contribution >= 0.6 is 22.9 Å². The second-order valence-electron chi connectivity index (χ2n) is 4.78. The number of anilines is 2. The van der Waals surface area contributed by atoms with Crippen LogP contribution in [0.25, 0.3) is 10.2 Å². The molecule has 0 bridgehead atoms. The first kappa shape index (κ1) is 15.3. The zero-order valence-corrected chi connectivity index (χ0v) is 13.6. The maximum absolute atomic E-state index is 12.3. The molecule has 0 aliphatic carbocycles. The van der Waals surface area contributed by atoms with Crippen LogP contribution < -0.4 is 10.2 Å². The van der Waals surface area contributed by atoms with E-state index in [2.05, 4.69) is 16.4 Å². The predicted molar refractivity (Wildman–Crippen MR) is 93.2 cm³/mol. The zero-order valence-electron chi connectivity index (χ0n) is 12.1. The van der Waals surface area contributed by atoms with Crippen LogP contribution in [0.3, 0.4) is 0 Å². The van der Waals surface area contributed by atoms with Crippen LogP contribution in [0.15, 0.2) is 42.5 Å². The molecule has 3 rings (SSSR count). The van der Waals surface area contributed by atoms with E-state index in [0.29, 0.717) is 21.4 Å². The average Bonchev–Trinajstić information content (AvgIpc) is 2.95. The van der Waals surface area contributed by atoms with Crippen LogP contribution in [0.5, 0.6) is 0 Å². The number of hydrogen-bond acceptors (Lipinski definition) is 4.